The lowest BCUT2D eigenvalue weighted by molar-refractivity contribution is -0.113. The van der Waals surface area contributed by atoms with Crippen LogP contribution in [0, 0.1) is 6.92 Å². The van der Waals surface area contributed by atoms with Crippen LogP contribution in [0.2, 0.25) is 5.02 Å². The van der Waals surface area contributed by atoms with Crippen molar-refractivity contribution in [1.29, 1.82) is 0 Å². The van der Waals surface area contributed by atoms with E-state index in [0.29, 0.717) is 38.9 Å². The van der Waals surface area contributed by atoms with E-state index in [0.717, 1.165) is 22.2 Å². The van der Waals surface area contributed by atoms with Gasteiger partial charge in [-0.1, -0.05) is 69.5 Å². The van der Waals surface area contributed by atoms with Crippen LogP contribution in [0.3, 0.4) is 0 Å². The van der Waals surface area contributed by atoms with Gasteiger partial charge in [-0.25, -0.2) is 4.90 Å². The van der Waals surface area contributed by atoms with Crippen LogP contribution in [0.25, 0.3) is 6.08 Å². The van der Waals surface area contributed by atoms with Gasteiger partial charge in [-0.2, -0.15) is 0 Å². The molecule has 4 rings (SSSR count). The van der Waals surface area contributed by atoms with Crippen LogP contribution in [0.5, 0.6) is 11.5 Å². The molecule has 0 saturated carbocycles. The highest BCUT2D eigenvalue weighted by molar-refractivity contribution is 9.10. The van der Waals surface area contributed by atoms with Crippen LogP contribution >= 0.6 is 39.3 Å². The smallest absolute Gasteiger partial charge is 0.298 e. The second-order valence-electron chi connectivity index (χ2n) is 7.27. The summed E-state index contributed by atoms with van der Waals surface area (Å²) in [4.78, 5) is 26.9. The zero-order valence-electron chi connectivity index (χ0n) is 17.8. The minimum absolute atomic E-state index is 0.288. The van der Waals surface area contributed by atoms with E-state index in [1.54, 1.807) is 49.6 Å². The van der Waals surface area contributed by atoms with Gasteiger partial charge >= 0.3 is 0 Å². The lowest BCUT2D eigenvalue weighted by Gasteiger charge is -2.14. The first-order valence-corrected chi connectivity index (χ1v) is 11.9. The molecule has 0 atom stereocenters. The number of thioether (sulfide) groups is 1. The second kappa shape index (κ2) is 10.0. The number of methoxy groups -OCH3 is 1. The number of hydrogen-bond donors (Lipinski definition) is 0. The number of benzene rings is 3. The Bertz CT molecular complexity index is 1260. The fourth-order valence-electron chi connectivity index (χ4n) is 3.23. The van der Waals surface area contributed by atoms with E-state index in [4.69, 9.17) is 21.1 Å². The van der Waals surface area contributed by atoms with Crippen molar-refractivity contribution < 1.29 is 19.1 Å². The van der Waals surface area contributed by atoms with Gasteiger partial charge in [0.15, 0.2) is 11.5 Å². The van der Waals surface area contributed by atoms with Gasteiger partial charge in [0.25, 0.3) is 11.1 Å². The minimum Gasteiger partial charge on any atom is -0.493 e. The maximum absolute atomic E-state index is 13.0. The molecular weight excluding hydrogens is 526 g/mol. The van der Waals surface area contributed by atoms with E-state index in [1.807, 2.05) is 31.2 Å². The summed E-state index contributed by atoms with van der Waals surface area (Å²) in [6.45, 7) is 2.42. The molecule has 0 aliphatic carbocycles. The molecule has 1 aliphatic heterocycles. The Morgan fingerprint density at radius 3 is 2.48 bits per heavy atom. The molecule has 2 amide bonds. The molecule has 0 N–H and O–H groups in total. The van der Waals surface area contributed by atoms with E-state index in [2.05, 4.69) is 15.9 Å². The zero-order valence-corrected chi connectivity index (χ0v) is 21.0. The molecule has 0 bridgehead atoms. The van der Waals surface area contributed by atoms with E-state index in [-0.39, 0.29) is 4.91 Å². The van der Waals surface area contributed by atoms with Gasteiger partial charge in [0.05, 0.1) is 22.7 Å². The van der Waals surface area contributed by atoms with E-state index in [9.17, 15) is 9.59 Å². The van der Waals surface area contributed by atoms with Gasteiger partial charge in [0.2, 0.25) is 0 Å². The Balaban J connectivity index is 1.59. The molecule has 3 aromatic rings. The highest BCUT2D eigenvalue weighted by Crippen LogP contribution is 2.41. The molecule has 1 saturated heterocycles. The summed E-state index contributed by atoms with van der Waals surface area (Å²) in [6.07, 6.45) is 1.65. The molecule has 0 unspecified atom stereocenters. The van der Waals surface area contributed by atoms with E-state index >= 15 is 0 Å². The average Bonchev–Trinajstić information content (AvgIpc) is 3.08. The first kappa shape index (κ1) is 23.4. The number of carbonyl (C=O) groups is 2. The number of halogens is 2. The third-order valence-electron chi connectivity index (χ3n) is 4.97. The molecule has 0 radical (unpaired) electrons. The molecule has 1 heterocycles. The van der Waals surface area contributed by atoms with Crippen molar-refractivity contribution in [3.63, 3.8) is 0 Å². The van der Waals surface area contributed by atoms with Crippen LogP contribution < -0.4 is 14.4 Å². The number of aryl methyl sites for hydroxylation is 1. The van der Waals surface area contributed by atoms with E-state index in [1.165, 1.54) is 5.56 Å². The van der Waals surface area contributed by atoms with Crippen LogP contribution in [-0.4, -0.2) is 18.3 Å². The summed E-state index contributed by atoms with van der Waals surface area (Å²) in [5.74, 6) is 0.650. The van der Waals surface area contributed by atoms with Gasteiger partial charge in [0.1, 0.15) is 6.61 Å². The fourth-order valence-corrected chi connectivity index (χ4v) is 4.71. The Labute approximate surface area is 209 Å². The lowest BCUT2D eigenvalue weighted by Crippen LogP contribution is -2.27. The SMILES string of the molecule is COc1cc(/C=C2\SC(=O)N(c3ccccc3Cl)C2=O)c(Br)cc1OCc1ccc(C)cc1. The van der Waals surface area contributed by atoms with Gasteiger partial charge < -0.3 is 9.47 Å². The van der Waals surface area contributed by atoms with E-state index < -0.39 is 11.1 Å². The minimum atomic E-state index is -0.427. The molecule has 1 aliphatic rings. The van der Waals surface area contributed by atoms with Crippen LogP contribution in [0.15, 0.2) is 70.0 Å². The topological polar surface area (TPSA) is 55.8 Å². The maximum Gasteiger partial charge on any atom is 0.298 e. The molecule has 0 aromatic heterocycles. The molecule has 33 heavy (non-hydrogen) atoms. The number of ether oxygens (including phenoxy) is 2. The first-order chi connectivity index (χ1) is 15.9. The highest BCUT2D eigenvalue weighted by Gasteiger charge is 2.37. The molecule has 5 nitrogen and oxygen atoms in total. The largest absolute Gasteiger partial charge is 0.493 e. The molecule has 3 aromatic carbocycles. The molecule has 168 valence electrons. The number of anilines is 1. The maximum atomic E-state index is 13.0. The number of hydrogen-bond acceptors (Lipinski definition) is 5. The summed E-state index contributed by atoms with van der Waals surface area (Å²) in [6, 6.07) is 18.4. The number of imide groups is 1. The van der Waals surface area contributed by atoms with Crippen molar-refractivity contribution in [3.8, 4) is 11.5 Å². The molecular formula is C25H19BrClNO4S. The number of nitrogens with zero attached hydrogens (tertiary/aromatic N) is 1. The monoisotopic (exact) mass is 543 g/mol. The van der Waals surface area contributed by atoms with Crippen LogP contribution in [-0.2, 0) is 11.4 Å². The first-order valence-electron chi connectivity index (χ1n) is 9.95. The molecule has 8 heteroatoms. The van der Waals surface area contributed by atoms with Gasteiger partial charge in [0, 0.05) is 4.47 Å². The number of amides is 2. The summed E-state index contributed by atoms with van der Waals surface area (Å²) < 4.78 is 12.2. The van der Waals surface area contributed by atoms with Crippen LogP contribution in [0.1, 0.15) is 16.7 Å². The summed E-state index contributed by atoms with van der Waals surface area (Å²) in [5.41, 5.74) is 3.26. The number of para-hydroxylation sites is 1. The summed E-state index contributed by atoms with van der Waals surface area (Å²) >= 11 is 10.6. The zero-order chi connectivity index (χ0) is 23.5. The molecule has 0 spiro atoms. The average molecular weight is 545 g/mol. The van der Waals surface area contributed by atoms with Gasteiger partial charge in [-0.15, -0.1) is 0 Å². The van der Waals surface area contributed by atoms with Crippen molar-refractivity contribution in [2.45, 2.75) is 13.5 Å². The predicted octanol–water partition coefficient (Wildman–Crippen LogP) is 7.24. The lowest BCUT2D eigenvalue weighted by atomic mass is 10.1. The third-order valence-corrected chi connectivity index (χ3v) is 6.85. The van der Waals surface area contributed by atoms with Crippen LogP contribution in [0.4, 0.5) is 10.5 Å². The van der Waals surface area contributed by atoms with Crippen molar-refractivity contribution in [2.75, 3.05) is 12.0 Å². The predicted molar refractivity (Wildman–Crippen MR) is 136 cm³/mol. The Kier molecular flexibility index (Phi) is 7.12. The Hall–Kier alpha value is -2.74. The third kappa shape index (κ3) is 5.11. The molecule has 1 fully saturated rings. The number of rotatable bonds is 6. The second-order valence-corrected chi connectivity index (χ2v) is 9.52. The Morgan fingerprint density at radius 2 is 1.79 bits per heavy atom. The standard InChI is InChI=1S/C25H19BrClNO4S/c1-15-7-9-16(10-8-15)14-32-22-13-18(26)17(11-21(22)31-2)12-23-24(29)28(25(30)33-23)20-6-4-3-5-19(20)27/h3-13H,14H2,1-2H3/b23-12-. The van der Waals surface area contributed by atoms with Gasteiger partial charge in [-0.3, -0.25) is 9.59 Å². The highest BCUT2D eigenvalue weighted by atomic mass is 79.9. The van der Waals surface area contributed by atoms with Crippen molar-refractivity contribution in [2.24, 2.45) is 0 Å². The quantitative estimate of drug-likeness (QED) is 0.306. The Morgan fingerprint density at radius 1 is 1.06 bits per heavy atom. The fraction of sp³-hybridized carbons (Fsp3) is 0.120. The van der Waals surface area contributed by atoms with Crippen molar-refractivity contribution in [3.05, 3.63) is 91.8 Å². The van der Waals surface area contributed by atoms with Crippen molar-refractivity contribution in [1.82, 2.24) is 0 Å². The summed E-state index contributed by atoms with van der Waals surface area (Å²) in [5, 5.41) is -0.0699. The van der Waals surface area contributed by atoms with Gasteiger partial charge in [-0.05, 0) is 60.2 Å². The normalized spacial score (nSPS) is 14.8. The summed E-state index contributed by atoms with van der Waals surface area (Å²) in [7, 11) is 1.55. The number of carbonyl (C=O) groups excluding carboxylic acids is 2. The van der Waals surface area contributed by atoms with Crippen molar-refractivity contribution >= 4 is 62.2 Å².